The summed E-state index contributed by atoms with van der Waals surface area (Å²) in [5.41, 5.74) is 7.93. The van der Waals surface area contributed by atoms with Gasteiger partial charge in [-0.2, -0.15) is 4.31 Å². The molecule has 0 bridgehead atoms. The second kappa shape index (κ2) is 6.34. The van der Waals surface area contributed by atoms with Gasteiger partial charge in [-0.3, -0.25) is 4.98 Å². The van der Waals surface area contributed by atoms with Crippen LogP contribution in [0.2, 0.25) is 0 Å². The van der Waals surface area contributed by atoms with E-state index in [0.717, 1.165) is 17.0 Å². The van der Waals surface area contributed by atoms with E-state index in [2.05, 4.69) is 4.98 Å². The smallest absolute Gasteiger partial charge is 0.243 e. The fourth-order valence-electron chi connectivity index (χ4n) is 2.01. The van der Waals surface area contributed by atoms with Crippen LogP contribution in [0.1, 0.15) is 17.0 Å². The predicted molar refractivity (Wildman–Crippen MR) is 82.0 cm³/mol. The number of aromatic nitrogens is 1. The quantitative estimate of drug-likeness (QED) is 0.911. The summed E-state index contributed by atoms with van der Waals surface area (Å²) in [5, 5.41) is 0. The van der Waals surface area contributed by atoms with E-state index in [1.54, 1.807) is 31.3 Å². The van der Waals surface area contributed by atoms with Gasteiger partial charge in [0.25, 0.3) is 0 Å². The molecule has 2 rings (SSSR count). The average molecular weight is 305 g/mol. The van der Waals surface area contributed by atoms with Crippen LogP contribution < -0.4 is 5.73 Å². The summed E-state index contributed by atoms with van der Waals surface area (Å²) in [6.45, 7) is 2.42. The Morgan fingerprint density at radius 3 is 2.57 bits per heavy atom. The Morgan fingerprint density at radius 1 is 1.19 bits per heavy atom. The summed E-state index contributed by atoms with van der Waals surface area (Å²) < 4.78 is 26.4. The van der Waals surface area contributed by atoms with E-state index in [9.17, 15) is 8.42 Å². The minimum Gasteiger partial charge on any atom is -0.326 e. The lowest BCUT2D eigenvalue weighted by molar-refractivity contribution is 0.461. The summed E-state index contributed by atoms with van der Waals surface area (Å²) in [5.74, 6) is 0. The zero-order chi connectivity index (χ0) is 15.5. The third kappa shape index (κ3) is 3.66. The van der Waals surface area contributed by atoms with Crippen molar-refractivity contribution in [3.05, 3.63) is 59.4 Å². The van der Waals surface area contributed by atoms with Crippen molar-refractivity contribution in [3.8, 4) is 0 Å². The zero-order valence-corrected chi connectivity index (χ0v) is 13.0. The lowest BCUT2D eigenvalue weighted by Crippen LogP contribution is -2.27. The topological polar surface area (TPSA) is 76.3 Å². The SMILES string of the molecule is Cc1cccc(CN(C)S(=O)(=O)c2cccc(CN)c2)n1. The number of sulfonamides is 1. The van der Waals surface area contributed by atoms with Crippen LogP contribution in [0.5, 0.6) is 0 Å². The normalized spacial score (nSPS) is 11.8. The maximum absolute atomic E-state index is 12.5. The largest absolute Gasteiger partial charge is 0.326 e. The number of benzene rings is 1. The molecule has 5 nitrogen and oxygen atoms in total. The van der Waals surface area contributed by atoms with Crippen LogP contribution in [0.4, 0.5) is 0 Å². The van der Waals surface area contributed by atoms with Gasteiger partial charge >= 0.3 is 0 Å². The molecule has 2 N–H and O–H groups in total. The number of aryl methyl sites for hydroxylation is 1. The maximum Gasteiger partial charge on any atom is 0.243 e. The van der Waals surface area contributed by atoms with E-state index >= 15 is 0 Å². The van der Waals surface area contributed by atoms with Crippen LogP contribution >= 0.6 is 0 Å². The first-order valence-electron chi connectivity index (χ1n) is 6.61. The Hall–Kier alpha value is -1.76. The molecule has 0 unspecified atom stereocenters. The summed E-state index contributed by atoms with van der Waals surface area (Å²) in [4.78, 5) is 4.58. The van der Waals surface area contributed by atoms with Crippen LogP contribution in [0, 0.1) is 6.92 Å². The van der Waals surface area contributed by atoms with Crippen LogP contribution in [0.15, 0.2) is 47.4 Å². The maximum atomic E-state index is 12.5. The van der Waals surface area contributed by atoms with Gasteiger partial charge in [0.1, 0.15) is 0 Å². The molecule has 0 aliphatic carbocycles. The van der Waals surface area contributed by atoms with Crippen LogP contribution in [-0.2, 0) is 23.1 Å². The van der Waals surface area contributed by atoms with Gasteiger partial charge < -0.3 is 5.73 Å². The molecular formula is C15H19N3O2S. The number of hydrogen-bond donors (Lipinski definition) is 1. The molecule has 0 atom stereocenters. The Bertz CT molecular complexity index is 729. The van der Waals surface area contributed by atoms with E-state index in [-0.39, 0.29) is 11.4 Å². The summed E-state index contributed by atoms with van der Waals surface area (Å²) in [6.07, 6.45) is 0. The minimum absolute atomic E-state index is 0.233. The van der Waals surface area contributed by atoms with Crippen LogP contribution in [-0.4, -0.2) is 24.8 Å². The molecule has 0 radical (unpaired) electrons. The molecule has 2 aromatic rings. The fourth-order valence-corrected chi connectivity index (χ4v) is 3.23. The molecule has 1 heterocycles. The van der Waals surface area contributed by atoms with E-state index in [1.165, 1.54) is 4.31 Å². The molecule has 0 fully saturated rings. The third-order valence-corrected chi connectivity index (χ3v) is 4.97. The lowest BCUT2D eigenvalue weighted by Gasteiger charge is -2.17. The molecule has 0 saturated heterocycles. The molecule has 1 aromatic carbocycles. The van der Waals surface area contributed by atoms with Crippen molar-refractivity contribution in [2.24, 2.45) is 5.73 Å². The number of nitrogens with two attached hydrogens (primary N) is 1. The Balaban J connectivity index is 2.26. The second-order valence-electron chi connectivity index (χ2n) is 4.88. The van der Waals surface area contributed by atoms with Gasteiger partial charge in [0.05, 0.1) is 17.1 Å². The fraction of sp³-hybridized carbons (Fsp3) is 0.267. The van der Waals surface area contributed by atoms with Gasteiger partial charge in [0.2, 0.25) is 10.0 Å². The molecule has 0 aliphatic heterocycles. The van der Waals surface area contributed by atoms with Gasteiger partial charge in [-0.1, -0.05) is 18.2 Å². The monoisotopic (exact) mass is 305 g/mol. The third-order valence-electron chi connectivity index (χ3n) is 3.17. The highest BCUT2D eigenvalue weighted by atomic mass is 32.2. The van der Waals surface area contributed by atoms with Crippen molar-refractivity contribution in [1.82, 2.24) is 9.29 Å². The molecule has 0 saturated carbocycles. The Kier molecular flexibility index (Phi) is 4.72. The van der Waals surface area contributed by atoms with E-state index in [0.29, 0.717) is 6.54 Å². The summed E-state index contributed by atoms with van der Waals surface area (Å²) >= 11 is 0. The number of nitrogens with zero attached hydrogens (tertiary/aromatic N) is 2. The minimum atomic E-state index is -3.54. The number of rotatable bonds is 5. The molecule has 0 aliphatic rings. The van der Waals surface area contributed by atoms with E-state index < -0.39 is 10.0 Å². The van der Waals surface area contributed by atoms with Crippen molar-refractivity contribution in [2.75, 3.05) is 7.05 Å². The molecule has 112 valence electrons. The van der Waals surface area contributed by atoms with Crippen molar-refractivity contribution < 1.29 is 8.42 Å². The molecule has 1 aromatic heterocycles. The zero-order valence-electron chi connectivity index (χ0n) is 12.2. The highest BCUT2D eigenvalue weighted by Crippen LogP contribution is 2.17. The van der Waals surface area contributed by atoms with Crippen molar-refractivity contribution in [2.45, 2.75) is 24.9 Å². The first kappa shape index (κ1) is 15.6. The van der Waals surface area contributed by atoms with Crippen molar-refractivity contribution >= 4 is 10.0 Å². The number of hydrogen-bond acceptors (Lipinski definition) is 4. The second-order valence-corrected chi connectivity index (χ2v) is 6.93. The van der Waals surface area contributed by atoms with Gasteiger partial charge in [-0.25, -0.2) is 8.42 Å². The van der Waals surface area contributed by atoms with E-state index in [4.69, 9.17) is 5.73 Å². The Labute approximate surface area is 125 Å². The molecule has 6 heteroatoms. The van der Waals surface area contributed by atoms with Crippen molar-refractivity contribution in [1.29, 1.82) is 0 Å². The Morgan fingerprint density at radius 2 is 1.90 bits per heavy atom. The molecule has 0 spiro atoms. The van der Waals surface area contributed by atoms with Gasteiger partial charge in [-0.05, 0) is 36.8 Å². The van der Waals surface area contributed by atoms with Gasteiger partial charge in [-0.15, -0.1) is 0 Å². The highest BCUT2D eigenvalue weighted by Gasteiger charge is 2.21. The van der Waals surface area contributed by atoms with Crippen molar-refractivity contribution in [3.63, 3.8) is 0 Å². The van der Waals surface area contributed by atoms with Crippen LogP contribution in [0.3, 0.4) is 0 Å². The summed E-state index contributed by atoms with van der Waals surface area (Å²) in [6, 6.07) is 12.3. The molecule has 0 amide bonds. The van der Waals surface area contributed by atoms with E-state index in [1.807, 2.05) is 25.1 Å². The molecular weight excluding hydrogens is 286 g/mol. The predicted octanol–water partition coefficient (Wildman–Crippen LogP) is 1.67. The average Bonchev–Trinajstić information content (AvgIpc) is 2.47. The summed E-state index contributed by atoms with van der Waals surface area (Å²) in [7, 11) is -1.99. The standard InChI is InChI=1S/C15H19N3O2S/c1-12-5-3-7-14(17-12)11-18(2)21(19,20)15-8-4-6-13(9-15)10-16/h3-9H,10-11,16H2,1-2H3. The van der Waals surface area contributed by atoms with Crippen LogP contribution in [0.25, 0.3) is 0 Å². The lowest BCUT2D eigenvalue weighted by atomic mass is 10.2. The first-order chi connectivity index (χ1) is 9.93. The highest BCUT2D eigenvalue weighted by molar-refractivity contribution is 7.89. The first-order valence-corrected chi connectivity index (χ1v) is 8.05. The number of pyridine rings is 1. The molecule has 21 heavy (non-hydrogen) atoms. The van der Waals surface area contributed by atoms with Gasteiger partial charge in [0.15, 0.2) is 0 Å². The van der Waals surface area contributed by atoms with Gasteiger partial charge in [0, 0.05) is 19.3 Å².